The number of hydrogen-bond acceptors (Lipinski definition) is 2. The van der Waals surface area contributed by atoms with Gasteiger partial charge < -0.3 is 0 Å². The van der Waals surface area contributed by atoms with Crippen molar-refractivity contribution in [2.24, 2.45) is 0 Å². The first-order valence-electron chi connectivity index (χ1n) is 0.667. The average molecular weight is 128 g/mol. The summed E-state index contributed by atoms with van der Waals surface area (Å²) in [7, 11) is 1.12. The SMILES string of the molecule is O=S=S=S=O. The van der Waals surface area contributed by atoms with Gasteiger partial charge >= 0.3 is 0 Å². The Morgan fingerprint density at radius 1 is 1.00 bits per heavy atom. The van der Waals surface area contributed by atoms with Crippen molar-refractivity contribution < 1.29 is 8.42 Å². The van der Waals surface area contributed by atoms with Crippen molar-refractivity contribution in [1.29, 1.82) is 0 Å². The highest BCUT2D eigenvalue weighted by molar-refractivity contribution is 8.40. The summed E-state index contributed by atoms with van der Waals surface area (Å²) in [6, 6.07) is 0. The summed E-state index contributed by atoms with van der Waals surface area (Å²) >= 11 is 0. The third kappa shape index (κ3) is 4.26. The molecule has 5 heavy (non-hydrogen) atoms. The van der Waals surface area contributed by atoms with E-state index in [2.05, 4.69) is 0 Å². The Bertz CT molecular complexity index is 96.9. The third-order valence-corrected chi connectivity index (χ3v) is 1.50. The van der Waals surface area contributed by atoms with E-state index in [0.717, 1.165) is 0 Å². The van der Waals surface area contributed by atoms with Crippen LogP contribution in [0.3, 0.4) is 0 Å². The van der Waals surface area contributed by atoms with Crippen LogP contribution in [0.25, 0.3) is 0 Å². The quantitative estimate of drug-likeness (QED) is 0.433. The lowest BCUT2D eigenvalue weighted by Gasteiger charge is -1.16. The van der Waals surface area contributed by atoms with Gasteiger partial charge in [-0.3, -0.25) is 0 Å². The Morgan fingerprint density at radius 3 is 1.40 bits per heavy atom. The van der Waals surface area contributed by atoms with E-state index in [1.807, 2.05) is 0 Å². The van der Waals surface area contributed by atoms with Crippen molar-refractivity contribution in [3.05, 3.63) is 0 Å². The zero-order chi connectivity index (χ0) is 4.12. The van der Waals surface area contributed by atoms with Crippen LogP contribution in [0.4, 0.5) is 0 Å². The van der Waals surface area contributed by atoms with Crippen LogP contribution in [-0.2, 0) is 29.3 Å². The lowest BCUT2D eigenvalue weighted by atomic mass is 16.0. The second-order valence-corrected chi connectivity index (χ2v) is 3.06. The summed E-state index contributed by atoms with van der Waals surface area (Å²) < 4.78 is 18.4. The summed E-state index contributed by atoms with van der Waals surface area (Å²) in [4.78, 5) is 0. The predicted octanol–water partition coefficient (Wildman–Crippen LogP) is -0.675. The van der Waals surface area contributed by atoms with Gasteiger partial charge in [0, 0.05) is 0 Å². The van der Waals surface area contributed by atoms with Crippen LogP contribution in [0.1, 0.15) is 0 Å². The van der Waals surface area contributed by atoms with Crippen molar-refractivity contribution in [3.8, 4) is 0 Å². The molecule has 0 spiro atoms. The van der Waals surface area contributed by atoms with Crippen LogP contribution < -0.4 is 0 Å². The van der Waals surface area contributed by atoms with Crippen LogP contribution in [0.5, 0.6) is 0 Å². The monoisotopic (exact) mass is 128 g/mol. The van der Waals surface area contributed by atoms with Crippen LogP contribution in [0.15, 0.2) is 0 Å². The van der Waals surface area contributed by atoms with Gasteiger partial charge in [0.1, 0.15) is 0 Å². The van der Waals surface area contributed by atoms with Crippen molar-refractivity contribution in [3.63, 3.8) is 0 Å². The van der Waals surface area contributed by atoms with E-state index in [1.54, 1.807) is 0 Å². The standard InChI is InChI=1S/O2S3/c1-3-5-4-2. The van der Waals surface area contributed by atoms with Crippen LogP contribution >= 0.6 is 0 Å². The number of rotatable bonds is 0. The Balaban J connectivity index is 4.38. The zero-order valence-corrected chi connectivity index (χ0v) is 4.49. The first-order chi connectivity index (χ1) is 2.41. The van der Waals surface area contributed by atoms with Crippen molar-refractivity contribution in [2.75, 3.05) is 0 Å². The molecule has 0 fully saturated rings. The highest BCUT2D eigenvalue weighted by Crippen LogP contribution is 1.18. The molecule has 0 aromatic carbocycles. The van der Waals surface area contributed by atoms with Gasteiger partial charge in [0.05, 0.1) is 8.88 Å². The molecule has 30 valence electrons. The Morgan fingerprint density at radius 2 is 1.40 bits per heavy atom. The topological polar surface area (TPSA) is 34.1 Å². The van der Waals surface area contributed by atoms with Crippen molar-refractivity contribution in [1.82, 2.24) is 0 Å². The predicted molar refractivity (Wildman–Crippen MR) is 23.6 cm³/mol. The van der Waals surface area contributed by atoms with Crippen molar-refractivity contribution >= 4 is 29.3 Å². The first-order valence-corrected chi connectivity index (χ1v) is 4.00. The summed E-state index contributed by atoms with van der Waals surface area (Å²) in [5, 5.41) is 0. The summed E-state index contributed by atoms with van der Waals surface area (Å²) in [5.41, 5.74) is 0. The third-order valence-electron chi connectivity index (χ3n) is 0.0556. The highest BCUT2D eigenvalue weighted by atomic mass is 33.1. The van der Waals surface area contributed by atoms with Crippen LogP contribution in [0, 0.1) is 0 Å². The lowest BCUT2D eigenvalue weighted by molar-refractivity contribution is 0.701. The van der Waals surface area contributed by atoms with E-state index in [4.69, 9.17) is 0 Å². The highest BCUT2D eigenvalue weighted by Gasteiger charge is 1.31. The molecular formula is O2S3. The maximum atomic E-state index is 9.19. The van der Waals surface area contributed by atoms with Crippen LogP contribution in [-0.4, -0.2) is 8.42 Å². The van der Waals surface area contributed by atoms with Gasteiger partial charge in [0.2, 0.25) is 0 Å². The molecule has 0 amide bonds. The van der Waals surface area contributed by atoms with E-state index in [-0.39, 0.29) is 20.5 Å². The van der Waals surface area contributed by atoms with Gasteiger partial charge in [-0.05, 0) is 0 Å². The van der Waals surface area contributed by atoms with Gasteiger partial charge in [0.15, 0.2) is 20.5 Å². The Hall–Kier alpha value is 0.260. The Labute approximate surface area is 38.2 Å². The molecule has 0 unspecified atom stereocenters. The van der Waals surface area contributed by atoms with Crippen molar-refractivity contribution in [2.45, 2.75) is 0 Å². The molecule has 5 heteroatoms. The molecule has 0 N–H and O–H groups in total. The van der Waals surface area contributed by atoms with E-state index >= 15 is 0 Å². The second-order valence-electron chi connectivity index (χ2n) is 0.204. The van der Waals surface area contributed by atoms with Gasteiger partial charge in [-0.2, -0.15) is 8.42 Å². The normalized spacial score (nSPS) is 5.60. The molecule has 0 radical (unpaired) electrons. The van der Waals surface area contributed by atoms with Gasteiger partial charge in [-0.1, -0.05) is 0 Å². The van der Waals surface area contributed by atoms with Crippen LogP contribution in [0.2, 0.25) is 0 Å². The fourth-order valence-corrected chi connectivity index (χ4v) is 0.306. The molecule has 0 rings (SSSR count). The molecule has 0 aromatic rings. The average Bonchev–Trinajstić information content (AvgIpc) is 1.41. The zero-order valence-electron chi connectivity index (χ0n) is 2.04. The molecule has 0 aliphatic rings. The second kappa shape index (κ2) is 4.26. The van der Waals surface area contributed by atoms with E-state index in [9.17, 15) is 8.42 Å². The van der Waals surface area contributed by atoms with Gasteiger partial charge in [-0.15, -0.1) is 0 Å². The maximum absolute atomic E-state index is 9.19. The first kappa shape index (κ1) is 5.26. The fourth-order valence-electron chi connectivity index (χ4n) is 0.0113. The molecule has 0 bridgehead atoms. The molecule has 0 heterocycles. The fraction of sp³-hybridized carbons (Fsp3) is 0. The van der Waals surface area contributed by atoms with E-state index < -0.39 is 0 Å². The summed E-state index contributed by atoms with van der Waals surface area (Å²) in [6.45, 7) is 0. The number of hydrogen-bond donors (Lipinski definition) is 0. The molecule has 0 aliphatic carbocycles. The molecule has 0 aromatic heterocycles. The largest absolute Gasteiger partial charge is 0.200 e. The summed E-state index contributed by atoms with van der Waals surface area (Å²) in [6.07, 6.45) is 0. The minimum absolute atomic E-state index is 0.219. The minimum Gasteiger partial charge on any atom is -0.200 e. The molecule has 0 saturated carbocycles. The van der Waals surface area contributed by atoms with Gasteiger partial charge in [0.25, 0.3) is 0 Å². The maximum Gasteiger partial charge on any atom is 0.170 e. The van der Waals surface area contributed by atoms with E-state index in [0.29, 0.717) is 8.88 Å². The molecule has 0 aliphatic heterocycles. The Kier molecular flexibility index (Phi) is 4.48. The summed E-state index contributed by atoms with van der Waals surface area (Å²) in [5.74, 6) is 0. The molecule has 2 nitrogen and oxygen atoms in total. The molecular weight excluding hydrogens is 128 g/mol. The van der Waals surface area contributed by atoms with E-state index in [1.165, 1.54) is 0 Å². The van der Waals surface area contributed by atoms with Gasteiger partial charge in [-0.25, -0.2) is 0 Å². The lowest BCUT2D eigenvalue weighted by Crippen LogP contribution is -1.29. The molecule has 0 saturated heterocycles. The minimum atomic E-state index is 0.219. The molecule has 0 atom stereocenters. The smallest absolute Gasteiger partial charge is 0.170 e.